The third-order valence-corrected chi connectivity index (χ3v) is 21.7. The lowest BCUT2D eigenvalue weighted by Crippen LogP contribution is -2.41. The van der Waals surface area contributed by atoms with Gasteiger partial charge in [0.2, 0.25) is 11.9 Å². The zero-order chi connectivity index (χ0) is 58.7. The average molecular weight is 1170 g/mol. The van der Waals surface area contributed by atoms with Gasteiger partial charge in [0.1, 0.15) is 5.82 Å². The van der Waals surface area contributed by atoms with Crippen LogP contribution in [0, 0.1) is 5.92 Å². The van der Waals surface area contributed by atoms with E-state index < -0.39 is 0 Å². The SMILES string of the molecule is C1=CCC(c2nc(-n3c4c(c5c3CC3C(=C5)N(C5=CCCC=C5)c5ccccc53)C=C3C(C4)C4=C(CCC=C4)N3C3=CCCC=C3)nc(-n3c4c5c(ccc4c4ccc6c7ccccc7n(-c7ccccc7)c6c43)C3CCC=CC3N5C3C=CC=CC3)n2)C=C1. The topological polar surface area (TPSA) is 63.2 Å². The van der Waals surface area contributed by atoms with Crippen LogP contribution in [0.1, 0.15) is 121 Å². The third kappa shape index (κ3) is 7.28. The number of rotatable bonds is 7. The summed E-state index contributed by atoms with van der Waals surface area (Å²) >= 11 is 0. The van der Waals surface area contributed by atoms with Gasteiger partial charge in [-0.25, -0.2) is 0 Å². The molecule has 0 saturated heterocycles. The fourth-order valence-corrected chi connectivity index (χ4v) is 17.9. The second kappa shape index (κ2) is 19.8. The minimum Gasteiger partial charge on any atom is -0.356 e. The summed E-state index contributed by atoms with van der Waals surface area (Å²) in [7, 11) is 0. The van der Waals surface area contributed by atoms with Crippen LogP contribution < -0.4 is 9.80 Å². The number of para-hydroxylation sites is 3. The van der Waals surface area contributed by atoms with Crippen LogP contribution in [0.3, 0.4) is 0 Å². The molecule has 436 valence electrons. The van der Waals surface area contributed by atoms with Gasteiger partial charge in [0.25, 0.3) is 0 Å². The molecule has 0 radical (unpaired) electrons. The summed E-state index contributed by atoms with van der Waals surface area (Å²) in [5.74, 6) is 2.71. The average Bonchev–Trinajstić information content (AvgIpc) is 1.82. The molecule has 9 nitrogen and oxygen atoms in total. The Kier molecular flexibility index (Phi) is 11.2. The smallest absolute Gasteiger partial charge is 0.239 e. The third-order valence-electron chi connectivity index (χ3n) is 21.7. The van der Waals surface area contributed by atoms with Crippen LogP contribution in [0.4, 0.5) is 11.4 Å². The molecule has 90 heavy (non-hydrogen) atoms. The molecule has 4 aromatic heterocycles. The monoisotopic (exact) mass is 1170 g/mol. The first-order chi connectivity index (χ1) is 44.7. The van der Waals surface area contributed by atoms with Crippen molar-refractivity contribution in [1.29, 1.82) is 0 Å². The number of hydrogen-bond acceptors (Lipinski definition) is 6. The lowest BCUT2D eigenvalue weighted by Gasteiger charge is -2.36. The van der Waals surface area contributed by atoms with Gasteiger partial charge in [0.05, 0.1) is 39.8 Å². The fraction of sp³-hybridized carbons (Fsp3) is 0.222. The Bertz CT molecular complexity index is 5080. The van der Waals surface area contributed by atoms with E-state index in [1.807, 2.05) is 0 Å². The van der Waals surface area contributed by atoms with Gasteiger partial charge in [-0.1, -0.05) is 176 Å². The number of benzene rings is 5. The molecule has 6 unspecified atom stereocenters. The summed E-state index contributed by atoms with van der Waals surface area (Å²) in [6.07, 6.45) is 59.5. The first kappa shape index (κ1) is 51.0. The minimum absolute atomic E-state index is 0.0682. The van der Waals surface area contributed by atoms with Gasteiger partial charge in [-0.05, 0) is 129 Å². The van der Waals surface area contributed by atoms with Crippen molar-refractivity contribution in [2.45, 2.75) is 107 Å². The van der Waals surface area contributed by atoms with Crippen LogP contribution in [-0.2, 0) is 12.8 Å². The van der Waals surface area contributed by atoms with Crippen molar-refractivity contribution in [2.75, 3.05) is 9.80 Å². The molecule has 0 spiro atoms. The number of allylic oxidation sites excluding steroid dienone is 18. The summed E-state index contributed by atoms with van der Waals surface area (Å²) in [6.45, 7) is 0. The number of nitrogens with zero attached hydrogens (tertiary/aromatic N) is 9. The Labute approximate surface area is 524 Å². The van der Waals surface area contributed by atoms with E-state index in [0.29, 0.717) is 17.8 Å². The van der Waals surface area contributed by atoms with Crippen molar-refractivity contribution in [3.05, 3.63) is 286 Å². The normalized spacial score (nSPS) is 23.9. The van der Waals surface area contributed by atoms with E-state index in [4.69, 9.17) is 15.0 Å². The van der Waals surface area contributed by atoms with Crippen LogP contribution in [0.25, 0.3) is 73.3 Å². The Morgan fingerprint density at radius 2 is 1.17 bits per heavy atom. The molecule has 0 saturated carbocycles. The summed E-state index contributed by atoms with van der Waals surface area (Å²) in [6, 6.07) is 39.2. The van der Waals surface area contributed by atoms with Crippen molar-refractivity contribution in [3.8, 4) is 17.6 Å². The maximum absolute atomic E-state index is 6.19. The van der Waals surface area contributed by atoms with E-state index >= 15 is 0 Å². The second-order valence-corrected chi connectivity index (χ2v) is 26.4. The maximum atomic E-state index is 6.19. The maximum Gasteiger partial charge on any atom is 0.239 e. The summed E-state index contributed by atoms with van der Waals surface area (Å²) in [5.41, 5.74) is 24.4. The molecule has 8 aliphatic carbocycles. The van der Waals surface area contributed by atoms with Crippen LogP contribution in [0.2, 0.25) is 0 Å². The van der Waals surface area contributed by atoms with Crippen molar-refractivity contribution in [1.82, 2.24) is 33.6 Å². The zero-order valence-electron chi connectivity index (χ0n) is 50.3. The predicted octanol–water partition coefficient (Wildman–Crippen LogP) is 18.4. The second-order valence-electron chi connectivity index (χ2n) is 26.4. The van der Waals surface area contributed by atoms with Gasteiger partial charge in [0, 0.05) is 120 Å². The van der Waals surface area contributed by atoms with Crippen molar-refractivity contribution >= 4 is 67.1 Å². The van der Waals surface area contributed by atoms with Gasteiger partial charge in [-0.15, -0.1) is 0 Å². The number of anilines is 2. The minimum atomic E-state index is -0.0682. The predicted molar refractivity (Wildman–Crippen MR) is 366 cm³/mol. The molecule has 0 amide bonds. The lowest BCUT2D eigenvalue weighted by molar-refractivity contribution is 0.500. The van der Waals surface area contributed by atoms with Crippen molar-refractivity contribution < 1.29 is 0 Å². The number of hydrogen-bond donors (Lipinski definition) is 0. The van der Waals surface area contributed by atoms with Gasteiger partial charge in [-0.3, -0.25) is 9.13 Å². The summed E-state index contributed by atoms with van der Waals surface area (Å²) in [5, 5.41) is 4.81. The van der Waals surface area contributed by atoms with Gasteiger partial charge in [-0.2, -0.15) is 15.0 Å². The molecule has 0 fully saturated rings. The van der Waals surface area contributed by atoms with E-state index in [2.05, 4.69) is 253 Å². The molecular formula is C81H67N9. The van der Waals surface area contributed by atoms with Gasteiger partial charge >= 0.3 is 0 Å². The molecule has 9 aromatic rings. The molecule has 0 bridgehead atoms. The highest BCUT2D eigenvalue weighted by atomic mass is 15.3. The summed E-state index contributed by atoms with van der Waals surface area (Å²) in [4.78, 5) is 26.1. The van der Waals surface area contributed by atoms with Gasteiger partial charge in [0.15, 0.2) is 0 Å². The molecule has 20 rings (SSSR count). The largest absolute Gasteiger partial charge is 0.356 e. The van der Waals surface area contributed by atoms with Crippen LogP contribution >= 0.6 is 0 Å². The van der Waals surface area contributed by atoms with E-state index in [9.17, 15) is 0 Å². The van der Waals surface area contributed by atoms with Crippen LogP contribution in [0.5, 0.6) is 0 Å². The Hall–Kier alpha value is -9.99. The van der Waals surface area contributed by atoms with Crippen LogP contribution in [-0.4, -0.2) is 45.6 Å². The molecule has 3 aliphatic heterocycles. The Morgan fingerprint density at radius 3 is 1.96 bits per heavy atom. The molecule has 7 heterocycles. The molecule has 11 aliphatic rings. The summed E-state index contributed by atoms with van der Waals surface area (Å²) < 4.78 is 7.62. The highest BCUT2D eigenvalue weighted by Gasteiger charge is 2.47. The zero-order valence-corrected chi connectivity index (χ0v) is 50.3. The van der Waals surface area contributed by atoms with Gasteiger partial charge < -0.3 is 19.3 Å². The van der Waals surface area contributed by atoms with E-state index in [0.717, 1.165) is 99.6 Å². The number of fused-ring (bicyclic) bond motifs is 19. The van der Waals surface area contributed by atoms with E-state index in [1.165, 1.54) is 112 Å². The van der Waals surface area contributed by atoms with E-state index in [-0.39, 0.29) is 29.8 Å². The van der Waals surface area contributed by atoms with Crippen LogP contribution in [0.15, 0.2) is 247 Å². The molecule has 0 N–H and O–H groups in total. The number of aromatic nitrogens is 6. The molecule has 6 atom stereocenters. The van der Waals surface area contributed by atoms with E-state index in [1.54, 1.807) is 0 Å². The quantitative estimate of drug-likeness (QED) is 0.148. The first-order valence-corrected chi connectivity index (χ1v) is 33.2. The lowest BCUT2D eigenvalue weighted by atomic mass is 9.83. The highest BCUT2D eigenvalue weighted by molar-refractivity contribution is 6.25. The Morgan fingerprint density at radius 1 is 0.478 bits per heavy atom. The highest BCUT2D eigenvalue weighted by Crippen LogP contribution is 2.57. The fourth-order valence-electron chi connectivity index (χ4n) is 17.9. The van der Waals surface area contributed by atoms with Crippen molar-refractivity contribution in [2.24, 2.45) is 5.92 Å². The molecule has 9 heteroatoms. The standard InChI is InChI=1S/C81H67N9/c1-6-24-50(25-7-1)79-82-80(89-73-46-63-57-36-18-20-38-67(57)85(51-26-8-2-9-27-51)71(63)48-65(73)66-49-72-64(47-74(66)89)58-37-19-21-39-68(58)86(72)52-28-10-3-11-29-52)84-81(83-79)90-77-61(44-42-59-55-34-16-22-40-69(55)87(75(59)77)53-30-12-4-13-31-53)62-45-43-60-56-35-17-23-41-70(56)88(76(60)78(62)90)54-32-14-5-15-33-54/h1,4-8,10,12-16,18-20,22-24,26-32,34,36-38,40-45,48-50,54,56,63-64,70H,2-3,9,11,17,21,25,33,35,39,46-47H2. The first-order valence-electron chi connectivity index (χ1n) is 33.2. The molecule has 5 aromatic carbocycles. The van der Waals surface area contributed by atoms with Crippen molar-refractivity contribution in [3.63, 3.8) is 0 Å². The molecular weight excluding hydrogens is 1100 g/mol. The Balaban J connectivity index is 0.907.